The minimum atomic E-state index is 0.447. The lowest BCUT2D eigenvalue weighted by Crippen LogP contribution is -2.24. The van der Waals surface area contributed by atoms with Gasteiger partial charge in [0, 0.05) is 10.5 Å². The highest BCUT2D eigenvalue weighted by Crippen LogP contribution is 2.11. The molecule has 5 heteroatoms. The topological polar surface area (TPSA) is 42.7 Å². The van der Waals surface area contributed by atoms with Crippen molar-refractivity contribution in [2.75, 3.05) is 0 Å². The van der Waals surface area contributed by atoms with Crippen LogP contribution in [-0.2, 0) is 13.1 Å². The molecule has 0 fully saturated rings. The first-order valence-corrected chi connectivity index (χ1v) is 6.79. The number of nitrogens with zero attached hydrogens (tertiary/aromatic N) is 3. The fraction of sp³-hybridized carbons (Fsp3) is 0.385. The Balaban J connectivity index is 2.05. The van der Waals surface area contributed by atoms with Crippen LogP contribution in [0.2, 0.25) is 0 Å². The van der Waals surface area contributed by atoms with E-state index in [0.717, 1.165) is 23.4 Å². The van der Waals surface area contributed by atoms with Crippen molar-refractivity contribution < 1.29 is 0 Å². The number of nitrogens with one attached hydrogen (secondary N) is 1. The standard InChI is InChI=1S/C13H17BrN4/c1-10(2)15-7-13-16-9-17-18(13)8-11-3-5-12(14)6-4-11/h3-6,9-10,15H,7-8H2,1-2H3. The summed E-state index contributed by atoms with van der Waals surface area (Å²) in [6.07, 6.45) is 1.61. The van der Waals surface area contributed by atoms with Gasteiger partial charge in [0.05, 0.1) is 13.1 Å². The van der Waals surface area contributed by atoms with Crippen LogP contribution in [0.25, 0.3) is 0 Å². The first-order chi connectivity index (χ1) is 8.65. The lowest BCUT2D eigenvalue weighted by molar-refractivity contribution is 0.539. The molecule has 4 nitrogen and oxygen atoms in total. The Morgan fingerprint density at radius 3 is 2.67 bits per heavy atom. The average Bonchev–Trinajstić information content (AvgIpc) is 2.77. The smallest absolute Gasteiger partial charge is 0.141 e. The van der Waals surface area contributed by atoms with Crippen molar-refractivity contribution in [3.05, 3.63) is 46.5 Å². The lowest BCUT2D eigenvalue weighted by Gasteiger charge is -2.09. The summed E-state index contributed by atoms with van der Waals surface area (Å²) in [6, 6.07) is 8.70. The molecule has 1 N–H and O–H groups in total. The summed E-state index contributed by atoms with van der Waals surface area (Å²) in [7, 11) is 0. The van der Waals surface area contributed by atoms with Crippen LogP contribution in [0.3, 0.4) is 0 Å². The maximum atomic E-state index is 4.28. The Morgan fingerprint density at radius 1 is 1.28 bits per heavy atom. The van der Waals surface area contributed by atoms with E-state index in [1.807, 2.05) is 16.8 Å². The highest BCUT2D eigenvalue weighted by atomic mass is 79.9. The zero-order valence-corrected chi connectivity index (χ0v) is 12.2. The van der Waals surface area contributed by atoms with Crippen molar-refractivity contribution in [2.45, 2.75) is 33.0 Å². The Bertz CT molecular complexity index is 490. The maximum absolute atomic E-state index is 4.28. The summed E-state index contributed by atoms with van der Waals surface area (Å²) < 4.78 is 3.02. The van der Waals surface area contributed by atoms with Gasteiger partial charge in [0.25, 0.3) is 0 Å². The van der Waals surface area contributed by atoms with Gasteiger partial charge in [0.15, 0.2) is 0 Å². The Labute approximate surface area is 116 Å². The molecule has 0 aliphatic heterocycles. The molecule has 0 bridgehead atoms. The summed E-state index contributed by atoms with van der Waals surface area (Å²) in [4.78, 5) is 4.28. The summed E-state index contributed by atoms with van der Waals surface area (Å²) in [5.74, 6) is 0.964. The van der Waals surface area contributed by atoms with Crippen LogP contribution in [-0.4, -0.2) is 20.8 Å². The van der Waals surface area contributed by atoms with Crippen LogP contribution in [0.4, 0.5) is 0 Å². The van der Waals surface area contributed by atoms with Crippen molar-refractivity contribution in [1.29, 1.82) is 0 Å². The molecule has 0 radical (unpaired) electrons. The summed E-state index contributed by atoms with van der Waals surface area (Å²) in [5, 5.41) is 7.62. The average molecular weight is 309 g/mol. The number of halogens is 1. The van der Waals surface area contributed by atoms with E-state index in [4.69, 9.17) is 0 Å². The van der Waals surface area contributed by atoms with Crippen LogP contribution < -0.4 is 5.32 Å². The van der Waals surface area contributed by atoms with Crippen molar-refractivity contribution >= 4 is 15.9 Å². The third kappa shape index (κ3) is 3.65. The first kappa shape index (κ1) is 13.2. The van der Waals surface area contributed by atoms with E-state index in [2.05, 4.69) is 57.3 Å². The number of hydrogen-bond acceptors (Lipinski definition) is 3. The number of benzene rings is 1. The second-order valence-electron chi connectivity index (χ2n) is 4.50. The molecule has 0 atom stereocenters. The molecule has 1 aromatic carbocycles. The van der Waals surface area contributed by atoms with E-state index < -0.39 is 0 Å². The molecular formula is C13H17BrN4. The predicted molar refractivity (Wildman–Crippen MR) is 75.2 cm³/mol. The number of hydrogen-bond donors (Lipinski definition) is 1. The van der Waals surface area contributed by atoms with Gasteiger partial charge in [-0.15, -0.1) is 0 Å². The van der Waals surface area contributed by atoms with Crippen molar-refractivity contribution in [3.8, 4) is 0 Å². The highest BCUT2D eigenvalue weighted by Gasteiger charge is 2.05. The molecule has 0 saturated carbocycles. The van der Waals surface area contributed by atoms with Crippen LogP contribution in [0.1, 0.15) is 25.2 Å². The normalized spacial score (nSPS) is 11.1. The number of rotatable bonds is 5. The Hall–Kier alpha value is -1.20. The molecule has 0 aliphatic rings. The zero-order chi connectivity index (χ0) is 13.0. The summed E-state index contributed by atoms with van der Waals surface area (Å²) in [5.41, 5.74) is 1.22. The minimum absolute atomic E-state index is 0.447. The van der Waals surface area contributed by atoms with E-state index in [1.54, 1.807) is 6.33 Å². The van der Waals surface area contributed by atoms with E-state index in [9.17, 15) is 0 Å². The summed E-state index contributed by atoms with van der Waals surface area (Å²) >= 11 is 3.43. The van der Waals surface area contributed by atoms with Gasteiger partial charge in [-0.05, 0) is 17.7 Å². The lowest BCUT2D eigenvalue weighted by atomic mass is 10.2. The van der Waals surface area contributed by atoms with Gasteiger partial charge in [0.2, 0.25) is 0 Å². The van der Waals surface area contributed by atoms with Gasteiger partial charge in [-0.25, -0.2) is 9.67 Å². The van der Waals surface area contributed by atoms with Gasteiger partial charge in [-0.2, -0.15) is 5.10 Å². The zero-order valence-electron chi connectivity index (χ0n) is 10.6. The minimum Gasteiger partial charge on any atom is -0.308 e. The fourth-order valence-electron chi connectivity index (χ4n) is 1.62. The maximum Gasteiger partial charge on any atom is 0.141 e. The molecule has 2 aromatic rings. The van der Waals surface area contributed by atoms with Crippen LogP contribution in [0, 0.1) is 0 Å². The highest BCUT2D eigenvalue weighted by molar-refractivity contribution is 9.10. The molecule has 0 amide bonds. The molecule has 0 spiro atoms. The Morgan fingerprint density at radius 2 is 2.00 bits per heavy atom. The van der Waals surface area contributed by atoms with Crippen molar-refractivity contribution in [1.82, 2.24) is 20.1 Å². The molecular weight excluding hydrogens is 292 g/mol. The molecule has 18 heavy (non-hydrogen) atoms. The molecule has 0 aliphatic carbocycles. The van der Waals surface area contributed by atoms with Gasteiger partial charge in [0.1, 0.15) is 12.2 Å². The van der Waals surface area contributed by atoms with Gasteiger partial charge in [-0.1, -0.05) is 41.9 Å². The second kappa shape index (κ2) is 6.11. The monoisotopic (exact) mass is 308 g/mol. The predicted octanol–water partition coefficient (Wildman–Crippen LogP) is 2.59. The Kier molecular flexibility index (Phi) is 4.49. The third-order valence-corrected chi connectivity index (χ3v) is 3.14. The number of aromatic nitrogens is 3. The third-order valence-electron chi connectivity index (χ3n) is 2.61. The first-order valence-electron chi connectivity index (χ1n) is 5.99. The van der Waals surface area contributed by atoms with E-state index >= 15 is 0 Å². The largest absolute Gasteiger partial charge is 0.308 e. The van der Waals surface area contributed by atoms with Gasteiger partial charge >= 0.3 is 0 Å². The fourth-order valence-corrected chi connectivity index (χ4v) is 1.88. The molecule has 96 valence electrons. The second-order valence-corrected chi connectivity index (χ2v) is 5.41. The van der Waals surface area contributed by atoms with E-state index in [1.165, 1.54) is 5.56 Å². The van der Waals surface area contributed by atoms with Crippen molar-refractivity contribution in [2.24, 2.45) is 0 Å². The molecule has 0 saturated heterocycles. The van der Waals surface area contributed by atoms with Gasteiger partial charge in [-0.3, -0.25) is 0 Å². The molecule has 1 heterocycles. The van der Waals surface area contributed by atoms with Gasteiger partial charge < -0.3 is 5.32 Å². The molecule has 0 unspecified atom stereocenters. The van der Waals surface area contributed by atoms with Crippen LogP contribution >= 0.6 is 15.9 Å². The SMILES string of the molecule is CC(C)NCc1ncnn1Cc1ccc(Br)cc1. The van der Waals surface area contributed by atoms with Crippen LogP contribution in [0.5, 0.6) is 0 Å². The van der Waals surface area contributed by atoms with Crippen molar-refractivity contribution in [3.63, 3.8) is 0 Å². The quantitative estimate of drug-likeness (QED) is 0.923. The molecule has 1 aromatic heterocycles. The van der Waals surface area contributed by atoms with E-state index in [0.29, 0.717) is 6.04 Å². The molecule has 2 rings (SSSR count). The van der Waals surface area contributed by atoms with Crippen LogP contribution in [0.15, 0.2) is 35.1 Å². The summed E-state index contributed by atoms with van der Waals surface area (Å²) in [6.45, 7) is 5.74. The van der Waals surface area contributed by atoms with E-state index in [-0.39, 0.29) is 0 Å².